The Kier molecular flexibility index (Phi) is 3.72. The lowest BCUT2D eigenvalue weighted by atomic mass is 9.89. The molecule has 0 spiro atoms. The summed E-state index contributed by atoms with van der Waals surface area (Å²) in [7, 11) is 0. The van der Waals surface area contributed by atoms with Crippen molar-refractivity contribution >= 4 is 5.69 Å². The fourth-order valence-electron chi connectivity index (χ4n) is 3.76. The van der Waals surface area contributed by atoms with Gasteiger partial charge in [0, 0.05) is 18.2 Å². The molecule has 4 atom stereocenters. The number of nitro benzene ring substituents is 1. The van der Waals surface area contributed by atoms with E-state index in [2.05, 4.69) is 5.32 Å². The first-order chi connectivity index (χ1) is 9.65. The summed E-state index contributed by atoms with van der Waals surface area (Å²) in [5, 5.41) is 24.5. The topological polar surface area (TPSA) is 75.4 Å². The Hall–Kier alpha value is -1.46. The number of aliphatic hydroxyl groups is 1. The maximum atomic E-state index is 10.6. The molecular formula is C15H20N2O3. The maximum Gasteiger partial charge on any atom is 0.269 e. The van der Waals surface area contributed by atoms with Gasteiger partial charge in [0.1, 0.15) is 0 Å². The van der Waals surface area contributed by atoms with Gasteiger partial charge in [0.25, 0.3) is 5.69 Å². The Morgan fingerprint density at radius 3 is 2.80 bits per heavy atom. The molecule has 3 rings (SSSR count). The van der Waals surface area contributed by atoms with Crippen molar-refractivity contribution in [2.75, 3.05) is 6.54 Å². The van der Waals surface area contributed by atoms with Crippen LogP contribution in [-0.4, -0.2) is 22.6 Å². The molecular weight excluding hydrogens is 256 g/mol. The van der Waals surface area contributed by atoms with Crippen LogP contribution in [0.5, 0.6) is 0 Å². The van der Waals surface area contributed by atoms with Crippen molar-refractivity contribution in [3.05, 3.63) is 39.9 Å². The summed E-state index contributed by atoms with van der Waals surface area (Å²) < 4.78 is 0. The van der Waals surface area contributed by atoms with Crippen molar-refractivity contribution in [2.45, 2.75) is 37.8 Å². The highest BCUT2D eigenvalue weighted by atomic mass is 16.6. The van der Waals surface area contributed by atoms with Crippen molar-refractivity contribution in [2.24, 2.45) is 11.8 Å². The molecule has 1 saturated heterocycles. The zero-order valence-electron chi connectivity index (χ0n) is 11.4. The van der Waals surface area contributed by atoms with Crippen molar-refractivity contribution in [3.63, 3.8) is 0 Å². The smallest absolute Gasteiger partial charge is 0.269 e. The minimum absolute atomic E-state index is 0.0656. The minimum atomic E-state index is -0.548. The van der Waals surface area contributed by atoms with Gasteiger partial charge in [0.2, 0.25) is 0 Å². The van der Waals surface area contributed by atoms with E-state index in [9.17, 15) is 15.2 Å². The molecule has 2 aliphatic rings. The van der Waals surface area contributed by atoms with E-state index in [0.717, 1.165) is 18.0 Å². The summed E-state index contributed by atoms with van der Waals surface area (Å²) in [5.41, 5.74) is 0.828. The van der Waals surface area contributed by atoms with Crippen molar-refractivity contribution in [1.82, 2.24) is 5.32 Å². The standard InChI is InChI=1S/C15H20N2O3/c18-15(10-4-6-12(7-5-10)17(19)20)8-14-13-3-1-2-11(13)9-16-14/h4-7,11,13-16,18H,1-3,8-9H2. The molecule has 2 N–H and O–H groups in total. The Balaban J connectivity index is 1.64. The zero-order valence-corrected chi connectivity index (χ0v) is 11.4. The van der Waals surface area contributed by atoms with Crippen LogP contribution in [0.15, 0.2) is 24.3 Å². The van der Waals surface area contributed by atoms with Crippen LogP contribution in [0.25, 0.3) is 0 Å². The molecule has 20 heavy (non-hydrogen) atoms. The third-order valence-corrected chi connectivity index (χ3v) is 4.84. The van der Waals surface area contributed by atoms with Crippen LogP contribution in [0, 0.1) is 22.0 Å². The Morgan fingerprint density at radius 1 is 1.35 bits per heavy atom. The van der Waals surface area contributed by atoms with Crippen molar-refractivity contribution in [3.8, 4) is 0 Å². The largest absolute Gasteiger partial charge is 0.388 e. The second-order valence-corrected chi connectivity index (χ2v) is 5.97. The first-order valence-electron chi connectivity index (χ1n) is 7.31. The molecule has 2 fully saturated rings. The third-order valence-electron chi connectivity index (χ3n) is 4.84. The van der Waals surface area contributed by atoms with Crippen LogP contribution >= 0.6 is 0 Å². The Bertz CT molecular complexity index is 488. The van der Waals surface area contributed by atoms with Crippen LogP contribution in [0.4, 0.5) is 5.69 Å². The number of benzene rings is 1. The average molecular weight is 276 g/mol. The van der Waals surface area contributed by atoms with E-state index in [0.29, 0.717) is 18.4 Å². The van der Waals surface area contributed by atoms with E-state index in [-0.39, 0.29) is 5.69 Å². The predicted molar refractivity (Wildman–Crippen MR) is 75.3 cm³/mol. The molecule has 108 valence electrons. The fourth-order valence-corrected chi connectivity index (χ4v) is 3.76. The normalized spacial score (nSPS) is 30.1. The van der Waals surface area contributed by atoms with Crippen LogP contribution in [0.2, 0.25) is 0 Å². The summed E-state index contributed by atoms with van der Waals surface area (Å²) >= 11 is 0. The minimum Gasteiger partial charge on any atom is -0.388 e. The molecule has 0 radical (unpaired) electrons. The SMILES string of the molecule is O=[N+]([O-])c1ccc(C(O)CC2NCC3CCCC32)cc1. The molecule has 4 unspecified atom stereocenters. The fraction of sp³-hybridized carbons (Fsp3) is 0.600. The van der Waals surface area contributed by atoms with Crippen molar-refractivity contribution in [1.29, 1.82) is 0 Å². The molecule has 0 amide bonds. The first-order valence-corrected chi connectivity index (χ1v) is 7.31. The van der Waals surface area contributed by atoms with Crippen molar-refractivity contribution < 1.29 is 10.0 Å². The van der Waals surface area contributed by atoms with Gasteiger partial charge in [-0.2, -0.15) is 0 Å². The van der Waals surface area contributed by atoms with Crippen LogP contribution < -0.4 is 5.32 Å². The molecule has 1 aliphatic heterocycles. The summed E-state index contributed by atoms with van der Waals surface area (Å²) in [6.45, 7) is 1.07. The third kappa shape index (κ3) is 2.55. The molecule has 1 aromatic carbocycles. The quantitative estimate of drug-likeness (QED) is 0.654. The summed E-state index contributed by atoms with van der Waals surface area (Å²) in [4.78, 5) is 10.2. The summed E-state index contributed by atoms with van der Waals surface area (Å²) in [6.07, 6.45) is 4.02. The lowest BCUT2D eigenvalue weighted by Gasteiger charge is -2.21. The lowest BCUT2D eigenvalue weighted by Crippen LogP contribution is -2.28. The number of hydrogen-bond donors (Lipinski definition) is 2. The van der Waals surface area contributed by atoms with Gasteiger partial charge in [-0.3, -0.25) is 10.1 Å². The van der Waals surface area contributed by atoms with Gasteiger partial charge >= 0.3 is 0 Å². The molecule has 1 saturated carbocycles. The highest BCUT2D eigenvalue weighted by Gasteiger charge is 2.39. The number of nitrogens with zero attached hydrogens (tertiary/aromatic N) is 1. The molecule has 1 aliphatic carbocycles. The van der Waals surface area contributed by atoms with Crippen LogP contribution in [0.3, 0.4) is 0 Å². The molecule has 1 heterocycles. The maximum absolute atomic E-state index is 10.6. The lowest BCUT2D eigenvalue weighted by molar-refractivity contribution is -0.384. The van der Waals surface area contributed by atoms with Gasteiger partial charge in [-0.25, -0.2) is 0 Å². The van der Waals surface area contributed by atoms with Gasteiger partial charge < -0.3 is 10.4 Å². The van der Waals surface area contributed by atoms with E-state index in [1.807, 2.05) is 0 Å². The van der Waals surface area contributed by atoms with E-state index < -0.39 is 11.0 Å². The summed E-state index contributed by atoms with van der Waals surface area (Å²) in [5.74, 6) is 1.48. The number of hydrogen-bond acceptors (Lipinski definition) is 4. The highest BCUT2D eigenvalue weighted by Crippen LogP contribution is 2.40. The van der Waals surface area contributed by atoms with Gasteiger partial charge in [0.15, 0.2) is 0 Å². The van der Waals surface area contributed by atoms with E-state index in [4.69, 9.17) is 0 Å². The molecule has 5 heteroatoms. The zero-order chi connectivity index (χ0) is 14.1. The number of fused-ring (bicyclic) bond motifs is 1. The number of aliphatic hydroxyl groups excluding tert-OH is 1. The Morgan fingerprint density at radius 2 is 2.10 bits per heavy atom. The summed E-state index contributed by atoms with van der Waals surface area (Å²) in [6, 6.07) is 6.61. The molecule has 5 nitrogen and oxygen atoms in total. The Labute approximate surface area is 118 Å². The first kappa shape index (κ1) is 13.5. The molecule has 0 aromatic heterocycles. The van der Waals surface area contributed by atoms with E-state index in [1.54, 1.807) is 12.1 Å². The van der Waals surface area contributed by atoms with Gasteiger partial charge in [-0.1, -0.05) is 6.42 Å². The number of nitro groups is 1. The monoisotopic (exact) mass is 276 g/mol. The van der Waals surface area contributed by atoms with Gasteiger partial charge in [-0.05, 0) is 55.3 Å². The van der Waals surface area contributed by atoms with Gasteiger partial charge in [0.05, 0.1) is 11.0 Å². The van der Waals surface area contributed by atoms with Crippen LogP contribution in [-0.2, 0) is 0 Å². The van der Waals surface area contributed by atoms with Crippen LogP contribution in [0.1, 0.15) is 37.4 Å². The number of non-ortho nitro benzene ring substituents is 1. The molecule has 1 aromatic rings. The number of nitrogens with one attached hydrogen (secondary N) is 1. The molecule has 0 bridgehead atoms. The second kappa shape index (κ2) is 5.50. The second-order valence-electron chi connectivity index (χ2n) is 5.97. The van der Waals surface area contributed by atoms with E-state index in [1.165, 1.54) is 31.4 Å². The van der Waals surface area contributed by atoms with E-state index >= 15 is 0 Å². The average Bonchev–Trinajstić information content (AvgIpc) is 3.04. The van der Waals surface area contributed by atoms with Gasteiger partial charge in [-0.15, -0.1) is 0 Å². The predicted octanol–water partition coefficient (Wildman–Crippen LogP) is 2.41. The number of rotatable bonds is 4. The highest BCUT2D eigenvalue weighted by molar-refractivity contribution is 5.33.